The first-order chi connectivity index (χ1) is 10.2. The van der Waals surface area contributed by atoms with Crippen molar-refractivity contribution < 1.29 is 9.59 Å². The first-order valence-electron chi connectivity index (χ1n) is 8.05. The van der Waals surface area contributed by atoms with Crippen LogP contribution in [0.15, 0.2) is 30.3 Å². The third-order valence-corrected chi connectivity index (χ3v) is 4.57. The second-order valence-electron chi connectivity index (χ2n) is 5.84. The summed E-state index contributed by atoms with van der Waals surface area (Å²) in [5.41, 5.74) is 0.794. The van der Waals surface area contributed by atoms with Crippen molar-refractivity contribution in [2.75, 3.05) is 13.1 Å². The zero-order valence-corrected chi connectivity index (χ0v) is 13.0. The number of carbonyl (C=O) groups excluding carboxylic acids is 2. The lowest BCUT2D eigenvalue weighted by molar-refractivity contribution is -0.137. The fourth-order valence-electron chi connectivity index (χ4n) is 3.10. The predicted octanol–water partition coefficient (Wildman–Crippen LogP) is 3.54. The maximum Gasteiger partial charge on any atom is 0.225 e. The Balaban J connectivity index is 1.91. The highest BCUT2D eigenvalue weighted by atomic mass is 16.2. The molecular weight excluding hydrogens is 262 g/mol. The van der Waals surface area contributed by atoms with Crippen LogP contribution >= 0.6 is 0 Å². The van der Waals surface area contributed by atoms with Gasteiger partial charge < -0.3 is 4.90 Å². The summed E-state index contributed by atoms with van der Waals surface area (Å²) < 4.78 is 0. The number of hydrogen-bond acceptors (Lipinski definition) is 2. The first kappa shape index (κ1) is 15.7. The Hall–Kier alpha value is -1.64. The number of ketones is 1. The van der Waals surface area contributed by atoms with Crippen molar-refractivity contribution >= 4 is 11.7 Å². The van der Waals surface area contributed by atoms with Gasteiger partial charge in [-0.15, -0.1) is 0 Å². The van der Waals surface area contributed by atoms with Crippen molar-refractivity contribution in [1.29, 1.82) is 0 Å². The standard InChI is InChI=1S/C18H25NO2/c1-3-14(4-2)18(21)19-12-10-16(11-13-19)17(20)15-8-6-5-7-9-15/h5-9,14,16H,3-4,10-13H2,1-2H3. The van der Waals surface area contributed by atoms with Crippen molar-refractivity contribution in [3.05, 3.63) is 35.9 Å². The first-order valence-corrected chi connectivity index (χ1v) is 8.05. The molecule has 1 amide bonds. The Morgan fingerprint density at radius 1 is 1.10 bits per heavy atom. The number of carbonyl (C=O) groups is 2. The molecule has 1 aliphatic rings. The van der Waals surface area contributed by atoms with Gasteiger partial charge in [0.05, 0.1) is 0 Å². The van der Waals surface area contributed by atoms with Crippen LogP contribution in [0, 0.1) is 11.8 Å². The maximum atomic E-state index is 12.4. The van der Waals surface area contributed by atoms with Crippen molar-refractivity contribution in [3.8, 4) is 0 Å². The molecule has 1 saturated heterocycles. The monoisotopic (exact) mass is 287 g/mol. The topological polar surface area (TPSA) is 37.4 Å². The fourth-order valence-corrected chi connectivity index (χ4v) is 3.10. The maximum absolute atomic E-state index is 12.4. The average molecular weight is 287 g/mol. The van der Waals surface area contributed by atoms with Crippen molar-refractivity contribution in [2.24, 2.45) is 11.8 Å². The second kappa shape index (κ2) is 7.39. The number of Topliss-reactive ketones (excluding diaryl/α,β-unsaturated/α-hetero) is 1. The smallest absolute Gasteiger partial charge is 0.225 e. The lowest BCUT2D eigenvalue weighted by Gasteiger charge is -2.33. The third-order valence-electron chi connectivity index (χ3n) is 4.57. The van der Waals surface area contributed by atoms with E-state index in [0.29, 0.717) is 0 Å². The minimum Gasteiger partial charge on any atom is -0.342 e. The molecule has 114 valence electrons. The molecule has 2 rings (SSSR count). The minimum absolute atomic E-state index is 0.0677. The number of rotatable bonds is 5. The molecule has 0 N–H and O–H groups in total. The number of benzene rings is 1. The zero-order valence-electron chi connectivity index (χ0n) is 13.0. The molecule has 1 fully saturated rings. The number of nitrogens with zero attached hydrogens (tertiary/aromatic N) is 1. The van der Waals surface area contributed by atoms with Gasteiger partial charge in [0.15, 0.2) is 5.78 Å². The third kappa shape index (κ3) is 3.72. The molecule has 1 heterocycles. The Bertz CT molecular complexity index is 471. The van der Waals surface area contributed by atoms with Crippen LogP contribution in [0.3, 0.4) is 0 Å². The van der Waals surface area contributed by atoms with E-state index in [2.05, 4.69) is 13.8 Å². The van der Waals surface area contributed by atoms with E-state index in [0.717, 1.165) is 44.3 Å². The summed E-state index contributed by atoms with van der Waals surface area (Å²) >= 11 is 0. The predicted molar refractivity (Wildman–Crippen MR) is 84.1 cm³/mol. The van der Waals surface area contributed by atoms with Crippen LogP contribution in [0.2, 0.25) is 0 Å². The van der Waals surface area contributed by atoms with E-state index in [9.17, 15) is 9.59 Å². The lowest BCUT2D eigenvalue weighted by Crippen LogP contribution is -2.43. The Labute approximate surface area is 127 Å². The van der Waals surface area contributed by atoms with Crippen LogP contribution in [-0.2, 0) is 4.79 Å². The summed E-state index contributed by atoms with van der Waals surface area (Å²) in [5.74, 6) is 0.709. The highest BCUT2D eigenvalue weighted by Gasteiger charge is 2.29. The van der Waals surface area contributed by atoms with Crippen LogP contribution in [0.1, 0.15) is 49.9 Å². The molecule has 0 atom stereocenters. The molecule has 0 saturated carbocycles. The van der Waals surface area contributed by atoms with Crippen LogP contribution < -0.4 is 0 Å². The SMILES string of the molecule is CCC(CC)C(=O)N1CCC(C(=O)c2ccccc2)CC1. The molecule has 0 bridgehead atoms. The summed E-state index contributed by atoms with van der Waals surface area (Å²) in [5, 5.41) is 0. The lowest BCUT2D eigenvalue weighted by atomic mass is 9.88. The molecule has 3 nitrogen and oxygen atoms in total. The second-order valence-corrected chi connectivity index (χ2v) is 5.84. The fraction of sp³-hybridized carbons (Fsp3) is 0.556. The molecule has 0 unspecified atom stereocenters. The van der Waals surface area contributed by atoms with E-state index < -0.39 is 0 Å². The summed E-state index contributed by atoms with van der Waals surface area (Å²) in [6.45, 7) is 5.58. The highest BCUT2D eigenvalue weighted by Crippen LogP contribution is 2.24. The summed E-state index contributed by atoms with van der Waals surface area (Å²) in [6, 6.07) is 9.49. The Morgan fingerprint density at radius 2 is 1.67 bits per heavy atom. The van der Waals surface area contributed by atoms with E-state index >= 15 is 0 Å². The number of piperidine rings is 1. The quantitative estimate of drug-likeness (QED) is 0.777. The molecule has 0 spiro atoms. The van der Waals surface area contributed by atoms with Crippen molar-refractivity contribution in [2.45, 2.75) is 39.5 Å². The van der Waals surface area contributed by atoms with Crippen molar-refractivity contribution in [3.63, 3.8) is 0 Å². The molecule has 3 heteroatoms. The molecule has 0 aliphatic carbocycles. The van der Waals surface area contributed by atoms with Gasteiger partial charge in [-0.2, -0.15) is 0 Å². The van der Waals surface area contributed by atoms with Gasteiger partial charge in [0, 0.05) is 30.5 Å². The molecule has 21 heavy (non-hydrogen) atoms. The van der Waals surface area contributed by atoms with Gasteiger partial charge in [-0.05, 0) is 25.7 Å². The number of hydrogen-bond donors (Lipinski definition) is 0. The van der Waals surface area contributed by atoms with Crippen LogP contribution in [0.25, 0.3) is 0 Å². The van der Waals surface area contributed by atoms with E-state index in [4.69, 9.17) is 0 Å². The largest absolute Gasteiger partial charge is 0.342 e. The molecule has 0 radical (unpaired) electrons. The highest BCUT2D eigenvalue weighted by molar-refractivity contribution is 5.98. The molecular formula is C18H25NO2. The van der Waals surface area contributed by atoms with E-state index in [1.54, 1.807) is 0 Å². The molecule has 1 aromatic carbocycles. The van der Waals surface area contributed by atoms with Gasteiger partial charge in [-0.3, -0.25) is 9.59 Å². The minimum atomic E-state index is 0.0677. The van der Waals surface area contributed by atoms with Crippen LogP contribution in [0.5, 0.6) is 0 Å². The Morgan fingerprint density at radius 3 is 2.19 bits per heavy atom. The van der Waals surface area contributed by atoms with Gasteiger partial charge in [0.1, 0.15) is 0 Å². The van der Waals surface area contributed by atoms with E-state index in [1.165, 1.54) is 0 Å². The number of amides is 1. The molecule has 0 aromatic heterocycles. The summed E-state index contributed by atoms with van der Waals surface area (Å²) in [6.07, 6.45) is 3.38. The van der Waals surface area contributed by atoms with Crippen LogP contribution in [-0.4, -0.2) is 29.7 Å². The number of likely N-dealkylation sites (tertiary alicyclic amines) is 1. The zero-order chi connectivity index (χ0) is 15.2. The van der Waals surface area contributed by atoms with Gasteiger partial charge in [0.2, 0.25) is 5.91 Å². The molecule has 1 aliphatic heterocycles. The normalized spacial score (nSPS) is 16.2. The average Bonchev–Trinajstić information content (AvgIpc) is 2.56. The van der Waals surface area contributed by atoms with Gasteiger partial charge in [0.25, 0.3) is 0 Å². The van der Waals surface area contributed by atoms with Crippen LogP contribution in [0.4, 0.5) is 0 Å². The molecule has 1 aromatic rings. The van der Waals surface area contributed by atoms with Gasteiger partial charge >= 0.3 is 0 Å². The Kier molecular flexibility index (Phi) is 5.54. The van der Waals surface area contributed by atoms with E-state index in [-0.39, 0.29) is 23.5 Å². The van der Waals surface area contributed by atoms with Gasteiger partial charge in [-0.25, -0.2) is 0 Å². The summed E-state index contributed by atoms with van der Waals surface area (Å²) in [4.78, 5) is 26.7. The van der Waals surface area contributed by atoms with Gasteiger partial charge in [-0.1, -0.05) is 44.2 Å². The van der Waals surface area contributed by atoms with Crippen molar-refractivity contribution in [1.82, 2.24) is 4.90 Å². The summed E-state index contributed by atoms with van der Waals surface area (Å²) in [7, 11) is 0. The van der Waals surface area contributed by atoms with E-state index in [1.807, 2.05) is 35.2 Å².